The molecule has 0 saturated carbocycles. The molecule has 1 heterocycles. The van der Waals surface area contributed by atoms with Crippen molar-refractivity contribution in [1.29, 1.82) is 0 Å². The fraction of sp³-hybridized carbons (Fsp3) is 0.0435. The van der Waals surface area contributed by atoms with Crippen LogP contribution in [0.1, 0.15) is 11.1 Å². The number of halogens is 3. The van der Waals surface area contributed by atoms with Gasteiger partial charge in [0.15, 0.2) is 4.32 Å². The van der Waals surface area contributed by atoms with Crippen LogP contribution in [-0.2, 0) is 11.4 Å². The van der Waals surface area contributed by atoms with E-state index < -0.39 is 0 Å². The van der Waals surface area contributed by atoms with Gasteiger partial charge in [0.25, 0.3) is 5.91 Å². The summed E-state index contributed by atoms with van der Waals surface area (Å²) in [4.78, 5) is 15.1. The van der Waals surface area contributed by atoms with Crippen molar-refractivity contribution in [2.45, 2.75) is 6.61 Å². The molecule has 1 amide bonds. The van der Waals surface area contributed by atoms with E-state index in [1.54, 1.807) is 4.90 Å². The van der Waals surface area contributed by atoms with Crippen molar-refractivity contribution in [2.24, 2.45) is 0 Å². The van der Waals surface area contributed by atoms with Gasteiger partial charge in [0, 0.05) is 5.02 Å². The summed E-state index contributed by atoms with van der Waals surface area (Å²) in [6.45, 7) is 0.431. The third-order valence-electron chi connectivity index (χ3n) is 4.42. The highest BCUT2D eigenvalue weighted by molar-refractivity contribution is 14.1. The summed E-state index contributed by atoms with van der Waals surface area (Å²) in [7, 11) is 0. The molecule has 31 heavy (non-hydrogen) atoms. The molecule has 1 aliphatic rings. The van der Waals surface area contributed by atoms with Gasteiger partial charge in [0.2, 0.25) is 0 Å². The van der Waals surface area contributed by atoms with Crippen LogP contribution in [0.5, 0.6) is 5.75 Å². The summed E-state index contributed by atoms with van der Waals surface area (Å²) in [6, 6.07) is 20.9. The topological polar surface area (TPSA) is 29.5 Å². The highest BCUT2D eigenvalue weighted by Gasteiger charge is 2.33. The Morgan fingerprint density at radius 3 is 2.52 bits per heavy atom. The fourth-order valence-electron chi connectivity index (χ4n) is 2.96. The maximum Gasteiger partial charge on any atom is 0.270 e. The quantitative estimate of drug-likeness (QED) is 0.162. The second-order valence-electron chi connectivity index (χ2n) is 6.58. The van der Waals surface area contributed by atoms with Gasteiger partial charge in [-0.05, 0) is 92.1 Å². The third-order valence-corrected chi connectivity index (χ3v) is 7.37. The van der Waals surface area contributed by atoms with E-state index in [1.165, 1.54) is 11.8 Å². The molecule has 3 nitrogen and oxygen atoms in total. The van der Waals surface area contributed by atoms with Crippen LogP contribution in [0.2, 0.25) is 5.02 Å². The minimum Gasteiger partial charge on any atom is -0.487 e. The number of nitrogens with zero attached hydrogens (tertiary/aromatic N) is 1. The van der Waals surface area contributed by atoms with Gasteiger partial charge in [-0.3, -0.25) is 9.69 Å². The highest BCUT2D eigenvalue weighted by atomic mass is 127. The molecule has 0 unspecified atom stereocenters. The van der Waals surface area contributed by atoms with Crippen LogP contribution < -0.4 is 9.64 Å². The number of amides is 1. The van der Waals surface area contributed by atoms with Crippen molar-refractivity contribution in [2.75, 3.05) is 4.90 Å². The molecule has 1 fully saturated rings. The number of ether oxygens (including phenoxy) is 1. The molecular formula is C23H14BrClINO2S2. The summed E-state index contributed by atoms with van der Waals surface area (Å²) >= 11 is 18.5. The summed E-state index contributed by atoms with van der Waals surface area (Å²) in [6.07, 6.45) is 1.86. The molecule has 3 aromatic carbocycles. The standard InChI is InChI=1S/C23H14BrClINO2S2/c24-18-10-15(11-19(26)21(18)29-13-14-6-8-16(25)9-7-14)12-20-22(28)27(23(30)31-20)17-4-2-1-3-5-17/h1-12H,13H2/b20-12+. The number of rotatable bonds is 5. The van der Waals surface area contributed by atoms with Crippen molar-refractivity contribution in [3.05, 3.63) is 95.8 Å². The molecule has 3 aromatic rings. The molecule has 0 bridgehead atoms. The van der Waals surface area contributed by atoms with Crippen LogP contribution in [-0.4, -0.2) is 10.2 Å². The fourth-order valence-corrected chi connectivity index (χ4v) is 6.15. The normalized spacial score (nSPS) is 15.1. The van der Waals surface area contributed by atoms with Crippen LogP contribution >= 0.6 is 74.1 Å². The van der Waals surface area contributed by atoms with Crippen molar-refractivity contribution in [1.82, 2.24) is 0 Å². The monoisotopic (exact) mass is 641 g/mol. The lowest BCUT2D eigenvalue weighted by Crippen LogP contribution is -2.27. The Balaban J connectivity index is 1.54. The minimum absolute atomic E-state index is 0.115. The lowest BCUT2D eigenvalue weighted by Gasteiger charge is -2.14. The number of hydrogen-bond donors (Lipinski definition) is 0. The maximum absolute atomic E-state index is 12.9. The maximum atomic E-state index is 12.9. The Bertz CT molecular complexity index is 1160. The Kier molecular flexibility index (Phi) is 7.38. The molecule has 8 heteroatoms. The lowest BCUT2D eigenvalue weighted by molar-refractivity contribution is -0.113. The van der Waals surface area contributed by atoms with Gasteiger partial charge in [0.1, 0.15) is 12.4 Å². The van der Waals surface area contributed by atoms with E-state index in [9.17, 15) is 4.79 Å². The summed E-state index contributed by atoms with van der Waals surface area (Å²) in [5, 5.41) is 0.696. The molecule has 0 aromatic heterocycles. The van der Waals surface area contributed by atoms with Gasteiger partial charge >= 0.3 is 0 Å². The Labute approximate surface area is 217 Å². The summed E-state index contributed by atoms with van der Waals surface area (Å²) in [5.41, 5.74) is 2.69. The van der Waals surface area contributed by atoms with Gasteiger partial charge in [-0.15, -0.1) is 0 Å². The molecule has 0 N–H and O–H groups in total. The van der Waals surface area contributed by atoms with Crippen molar-refractivity contribution >= 4 is 96.1 Å². The Hall–Kier alpha value is -1.39. The molecule has 4 rings (SSSR count). The largest absolute Gasteiger partial charge is 0.487 e. The third kappa shape index (κ3) is 5.34. The lowest BCUT2D eigenvalue weighted by atomic mass is 10.2. The number of benzene rings is 3. The van der Waals surface area contributed by atoms with Crippen LogP contribution in [0, 0.1) is 3.57 Å². The number of anilines is 1. The highest BCUT2D eigenvalue weighted by Crippen LogP contribution is 2.38. The average Bonchev–Trinajstić information content (AvgIpc) is 3.02. The van der Waals surface area contributed by atoms with Crippen LogP contribution in [0.15, 0.2) is 76.1 Å². The van der Waals surface area contributed by atoms with Gasteiger partial charge < -0.3 is 4.74 Å². The number of thioether (sulfide) groups is 1. The number of thiocarbonyl (C=S) groups is 1. The Morgan fingerprint density at radius 1 is 1.13 bits per heavy atom. The van der Waals surface area contributed by atoms with Crippen molar-refractivity contribution < 1.29 is 9.53 Å². The summed E-state index contributed by atoms with van der Waals surface area (Å²) < 4.78 is 8.29. The zero-order valence-electron chi connectivity index (χ0n) is 15.8. The zero-order chi connectivity index (χ0) is 22.0. The van der Waals surface area contributed by atoms with Gasteiger partial charge in [0.05, 0.1) is 18.6 Å². The minimum atomic E-state index is -0.115. The predicted molar refractivity (Wildman–Crippen MR) is 145 cm³/mol. The first-order chi connectivity index (χ1) is 14.9. The Morgan fingerprint density at radius 2 is 1.84 bits per heavy atom. The predicted octanol–water partition coefficient (Wildman–Crippen LogP) is 7.69. The molecule has 1 aliphatic heterocycles. The van der Waals surface area contributed by atoms with Crippen molar-refractivity contribution in [3.63, 3.8) is 0 Å². The molecule has 0 spiro atoms. The van der Waals surface area contributed by atoms with Crippen LogP contribution in [0.25, 0.3) is 6.08 Å². The molecule has 156 valence electrons. The molecule has 0 atom stereocenters. The second-order valence-corrected chi connectivity index (χ2v) is 10.7. The second kappa shape index (κ2) is 10.0. The molecule has 0 aliphatic carbocycles. The van der Waals surface area contributed by atoms with E-state index in [1.807, 2.05) is 72.8 Å². The summed E-state index contributed by atoms with van der Waals surface area (Å²) in [5.74, 6) is 0.639. The van der Waals surface area contributed by atoms with E-state index in [2.05, 4.69) is 38.5 Å². The molecule has 1 saturated heterocycles. The van der Waals surface area contributed by atoms with E-state index in [4.69, 9.17) is 28.6 Å². The van der Waals surface area contributed by atoms with Gasteiger partial charge in [-0.25, -0.2) is 0 Å². The number of hydrogen-bond acceptors (Lipinski definition) is 4. The first-order valence-corrected chi connectivity index (χ1v) is 12.6. The zero-order valence-corrected chi connectivity index (χ0v) is 22.0. The van der Waals surface area contributed by atoms with Crippen LogP contribution in [0.3, 0.4) is 0 Å². The molecular weight excluding hydrogens is 629 g/mol. The van der Waals surface area contributed by atoms with Crippen molar-refractivity contribution in [3.8, 4) is 5.75 Å². The molecule has 0 radical (unpaired) electrons. The SMILES string of the molecule is O=C1/C(=C\c2cc(Br)c(OCc3ccc(Cl)cc3)c(I)c2)SC(=S)N1c1ccccc1. The number of carbonyl (C=O) groups is 1. The van der Waals surface area contributed by atoms with Gasteiger partial charge in [-0.2, -0.15) is 0 Å². The van der Waals surface area contributed by atoms with E-state index in [0.717, 1.165) is 30.6 Å². The van der Waals surface area contributed by atoms with E-state index in [-0.39, 0.29) is 5.91 Å². The number of para-hydroxylation sites is 1. The van der Waals surface area contributed by atoms with E-state index in [0.29, 0.717) is 20.9 Å². The average molecular weight is 643 g/mol. The number of carbonyl (C=O) groups excluding carboxylic acids is 1. The first kappa shape index (κ1) is 22.8. The van der Waals surface area contributed by atoms with Gasteiger partial charge in [-0.1, -0.05) is 65.9 Å². The first-order valence-electron chi connectivity index (χ1n) is 9.11. The smallest absolute Gasteiger partial charge is 0.270 e. The van der Waals surface area contributed by atoms with E-state index >= 15 is 0 Å². The van der Waals surface area contributed by atoms with Crippen LogP contribution in [0.4, 0.5) is 5.69 Å².